The molecule has 1 aliphatic heterocycles. The van der Waals surface area contributed by atoms with Gasteiger partial charge in [-0.3, -0.25) is 9.59 Å². The average Bonchev–Trinajstić information content (AvgIpc) is 2.56. The Morgan fingerprint density at radius 3 is 2.70 bits per heavy atom. The fourth-order valence-electron chi connectivity index (χ4n) is 2.50. The smallest absolute Gasteiger partial charge is 0.266 e. The number of β-lactam (4-membered cyclic amide) rings is 1. The van der Waals surface area contributed by atoms with Crippen LogP contribution in [0.5, 0.6) is 5.75 Å². The van der Waals surface area contributed by atoms with Gasteiger partial charge in [-0.2, -0.15) is 0 Å². The summed E-state index contributed by atoms with van der Waals surface area (Å²) in [6.45, 7) is 5.23. The average molecular weight is 313 g/mol. The van der Waals surface area contributed by atoms with E-state index in [4.69, 9.17) is 11.2 Å². The van der Waals surface area contributed by atoms with Crippen LogP contribution in [0.3, 0.4) is 0 Å². The molecule has 1 fully saturated rings. The molecule has 120 valence electrons. The van der Waals surface area contributed by atoms with E-state index in [-0.39, 0.29) is 17.3 Å². The van der Waals surface area contributed by atoms with Gasteiger partial charge < -0.3 is 14.7 Å². The van der Waals surface area contributed by atoms with E-state index in [0.29, 0.717) is 18.7 Å². The molecule has 0 aromatic heterocycles. The minimum atomic E-state index is -1.18. The molecule has 0 aliphatic carbocycles. The van der Waals surface area contributed by atoms with Crippen LogP contribution in [0.4, 0.5) is 0 Å². The second-order valence-corrected chi connectivity index (χ2v) is 5.35. The van der Waals surface area contributed by atoms with Gasteiger partial charge >= 0.3 is 0 Å². The Bertz CT molecular complexity index is 647. The summed E-state index contributed by atoms with van der Waals surface area (Å²) in [7, 11) is 0. The summed E-state index contributed by atoms with van der Waals surface area (Å²) < 4.78 is 5.68. The molecule has 1 amide bonds. The minimum Gasteiger partial charge on any atom is -0.478 e. The molecule has 0 radical (unpaired) electrons. The zero-order chi connectivity index (χ0) is 17.0. The number of likely N-dealkylation sites (tertiary alicyclic amines) is 1. The van der Waals surface area contributed by atoms with Gasteiger partial charge in [-0.1, -0.05) is 24.8 Å². The third-order valence-electron chi connectivity index (χ3n) is 3.83. The molecule has 1 aromatic rings. The maximum atomic E-state index is 12.3. The Morgan fingerprint density at radius 2 is 2.13 bits per heavy atom. The molecule has 2 rings (SSSR count). The number of para-hydroxylation sites is 1. The van der Waals surface area contributed by atoms with Gasteiger partial charge in [-0.15, -0.1) is 12.3 Å². The predicted octanol–water partition coefficient (Wildman–Crippen LogP) is 1.17. The number of terminal acetylenes is 1. The molecule has 1 aliphatic rings. The second kappa shape index (κ2) is 7.12. The number of rotatable bonds is 7. The molecule has 0 bridgehead atoms. The van der Waals surface area contributed by atoms with Crippen LogP contribution in [0.2, 0.25) is 0 Å². The van der Waals surface area contributed by atoms with Crippen LogP contribution in [-0.2, 0) is 9.59 Å². The Kier molecular flexibility index (Phi) is 5.20. The summed E-state index contributed by atoms with van der Waals surface area (Å²) in [6.07, 6.45) is 3.55. The standard InChI is InChI=1S/C18H19NO4/c1-4-5-11-19-15(16(21)12(2)13(3)20)17(18(19)22)23-14-9-7-6-8-10-14/h1,6-10,15-17,21H,2,5,11H2,3H3/t15-,16+,17+/m0/s1. The summed E-state index contributed by atoms with van der Waals surface area (Å²) in [5.41, 5.74) is 0.0508. The highest BCUT2D eigenvalue weighted by molar-refractivity contribution is 5.95. The number of carbonyl (C=O) groups is 2. The van der Waals surface area contributed by atoms with Crippen LogP contribution in [0.25, 0.3) is 0 Å². The zero-order valence-electron chi connectivity index (χ0n) is 12.9. The van der Waals surface area contributed by atoms with Crippen LogP contribution in [0.15, 0.2) is 42.5 Å². The molecular weight excluding hydrogens is 294 g/mol. The van der Waals surface area contributed by atoms with Crippen molar-refractivity contribution in [3.8, 4) is 18.1 Å². The van der Waals surface area contributed by atoms with Gasteiger partial charge in [-0.25, -0.2) is 0 Å². The summed E-state index contributed by atoms with van der Waals surface area (Å²) in [5.74, 6) is 2.39. The number of aliphatic hydroxyl groups excluding tert-OH is 1. The van der Waals surface area contributed by atoms with E-state index >= 15 is 0 Å². The topological polar surface area (TPSA) is 66.8 Å². The molecule has 5 nitrogen and oxygen atoms in total. The summed E-state index contributed by atoms with van der Waals surface area (Å²) in [6, 6.07) is 8.18. The molecule has 0 saturated carbocycles. The van der Waals surface area contributed by atoms with Crippen molar-refractivity contribution < 1.29 is 19.4 Å². The van der Waals surface area contributed by atoms with Gasteiger partial charge in [0.1, 0.15) is 17.9 Å². The number of ether oxygens (including phenoxy) is 1. The lowest BCUT2D eigenvalue weighted by molar-refractivity contribution is -0.170. The first-order chi connectivity index (χ1) is 11.0. The van der Waals surface area contributed by atoms with Crippen LogP contribution in [0, 0.1) is 12.3 Å². The number of Topliss-reactive ketones (excluding diaryl/α,β-unsaturated/α-hetero) is 1. The highest BCUT2D eigenvalue weighted by atomic mass is 16.5. The number of hydrogen-bond acceptors (Lipinski definition) is 4. The van der Waals surface area contributed by atoms with E-state index in [1.165, 1.54) is 11.8 Å². The number of ketones is 1. The van der Waals surface area contributed by atoms with E-state index in [0.717, 1.165) is 0 Å². The van der Waals surface area contributed by atoms with Crippen LogP contribution in [0.1, 0.15) is 13.3 Å². The summed E-state index contributed by atoms with van der Waals surface area (Å²) in [4.78, 5) is 25.2. The minimum absolute atomic E-state index is 0.0508. The summed E-state index contributed by atoms with van der Waals surface area (Å²) in [5, 5.41) is 10.4. The molecule has 1 N–H and O–H groups in total. The fraction of sp³-hybridized carbons (Fsp3) is 0.333. The number of amides is 1. The van der Waals surface area contributed by atoms with Crippen molar-refractivity contribution in [2.45, 2.75) is 31.6 Å². The second-order valence-electron chi connectivity index (χ2n) is 5.35. The van der Waals surface area contributed by atoms with E-state index in [2.05, 4.69) is 12.5 Å². The van der Waals surface area contributed by atoms with Gasteiger partial charge in [0.2, 0.25) is 0 Å². The number of benzene rings is 1. The quantitative estimate of drug-likeness (QED) is 0.466. The summed E-state index contributed by atoms with van der Waals surface area (Å²) >= 11 is 0. The molecule has 1 saturated heterocycles. The lowest BCUT2D eigenvalue weighted by atomic mass is 9.87. The maximum Gasteiger partial charge on any atom is 0.266 e. The SMILES string of the molecule is C#CCCN1C(=O)[C@H](Oc2ccccc2)[C@@H]1[C@H](O)C(=C)C(C)=O. The van der Waals surface area contributed by atoms with Crippen molar-refractivity contribution >= 4 is 11.7 Å². The van der Waals surface area contributed by atoms with E-state index in [1.807, 2.05) is 6.07 Å². The van der Waals surface area contributed by atoms with Crippen molar-refractivity contribution in [1.82, 2.24) is 4.90 Å². The normalized spacial score (nSPS) is 21.1. The van der Waals surface area contributed by atoms with Crippen molar-refractivity contribution in [1.29, 1.82) is 0 Å². The lowest BCUT2D eigenvalue weighted by Crippen LogP contribution is -2.71. The van der Waals surface area contributed by atoms with Crippen LogP contribution >= 0.6 is 0 Å². The van der Waals surface area contributed by atoms with Gasteiger partial charge in [-0.05, 0) is 19.1 Å². The number of nitrogens with zero attached hydrogens (tertiary/aromatic N) is 1. The zero-order valence-corrected chi connectivity index (χ0v) is 12.9. The molecular formula is C18H19NO4. The monoisotopic (exact) mass is 313 g/mol. The first-order valence-corrected chi connectivity index (χ1v) is 7.30. The van der Waals surface area contributed by atoms with Gasteiger partial charge in [0.25, 0.3) is 5.91 Å². The molecule has 0 unspecified atom stereocenters. The molecule has 1 heterocycles. The highest BCUT2D eigenvalue weighted by Gasteiger charge is 2.53. The lowest BCUT2D eigenvalue weighted by Gasteiger charge is -2.48. The first-order valence-electron chi connectivity index (χ1n) is 7.30. The van der Waals surface area contributed by atoms with Crippen molar-refractivity contribution in [3.05, 3.63) is 42.5 Å². The number of carbonyl (C=O) groups excluding carboxylic acids is 2. The van der Waals surface area contributed by atoms with Gasteiger partial charge in [0, 0.05) is 18.5 Å². The Hall–Kier alpha value is -2.58. The molecule has 0 spiro atoms. The van der Waals surface area contributed by atoms with Gasteiger partial charge in [0.05, 0.1) is 0 Å². The molecule has 23 heavy (non-hydrogen) atoms. The van der Waals surface area contributed by atoms with Crippen molar-refractivity contribution in [3.63, 3.8) is 0 Å². The first kappa shape index (κ1) is 16.8. The Labute approximate surface area is 135 Å². The number of aliphatic hydroxyl groups is 1. The van der Waals surface area contributed by atoms with E-state index in [1.54, 1.807) is 24.3 Å². The molecule has 1 aromatic carbocycles. The largest absolute Gasteiger partial charge is 0.478 e. The third kappa shape index (κ3) is 3.43. The van der Waals surface area contributed by atoms with Crippen LogP contribution in [-0.4, -0.2) is 46.5 Å². The van der Waals surface area contributed by atoms with Crippen molar-refractivity contribution in [2.75, 3.05) is 6.54 Å². The van der Waals surface area contributed by atoms with E-state index < -0.39 is 18.2 Å². The Morgan fingerprint density at radius 1 is 1.48 bits per heavy atom. The van der Waals surface area contributed by atoms with Crippen molar-refractivity contribution in [2.24, 2.45) is 0 Å². The van der Waals surface area contributed by atoms with Crippen LogP contribution < -0.4 is 4.74 Å². The maximum absolute atomic E-state index is 12.3. The molecule has 5 heteroatoms. The highest BCUT2D eigenvalue weighted by Crippen LogP contribution is 2.30. The molecule has 3 atom stereocenters. The van der Waals surface area contributed by atoms with E-state index in [9.17, 15) is 14.7 Å². The fourth-order valence-corrected chi connectivity index (χ4v) is 2.50. The van der Waals surface area contributed by atoms with Gasteiger partial charge in [0.15, 0.2) is 11.9 Å². The Balaban J connectivity index is 2.19. The predicted molar refractivity (Wildman–Crippen MR) is 85.6 cm³/mol. The third-order valence-corrected chi connectivity index (χ3v) is 3.83. The number of hydrogen-bond donors (Lipinski definition) is 1.